The standard InChI is InChI=1S/C10H17NO6/c12-5-3-11(4-6-13)9(14)7-1-2-8(17-7)10(15)16/h7-8,12-13H,1-6H2,(H,15,16). The number of carbonyl (C=O) groups excluding carboxylic acids is 1. The van der Waals surface area contributed by atoms with Crippen LogP contribution in [0, 0.1) is 0 Å². The molecule has 98 valence electrons. The summed E-state index contributed by atoms with van der Waals surface area (Å²) in [5.74, 6) is -1.45. The second kappa shape index (κ2) is 6.53. The van der Waals surface area contributed by atoms with Gasteiger partial charge >= 0.3 is 5.97 Å². The van der Waals surface area contributed by atoms with Crippen LogP contribution in [-0.2, 0) is 14.3 Å². The van der Waals surface area contributed by atoms with Crippen LogP contribution in [0.5, 0.6) is 0 Å². The van der Waals surface area contributed by atoms with Crippen LogP contribution in [0.4, 0.5) is 0 Å². The molecule has 0 radical (unpaired) electrons. The van der Waals surface area contributed by atoms with E-state index in [9.17, 15) is 9.59 Å². The Hall–Kier alpha value is -1.18. The summed E-state index contributed by atoms with van der Waals surface area (Å²) >= 11 is 0. The van der Waals surface area contributed by atoms with Gasteiger partial charge in [0.25, 0.3) is 5.91 Å². The first-order valence-electron chi connectivity index (χ1n) is 5.49. The summed E-state index contributed by atoms with van der Waals surface area (Å²) in [6, 6.07) is 0. The van der Waals surface area contributed by atoms with Crippen LogP contribution in [0.15, 0.2) is 0 Å². The number of aliphatic hydroxyl groups excluding tert-OH is 2. The number of amides is 1. The highest BCUT2D eigenvalue weighted by molar-refractivity contribution is 5.82. The van der Waals surface area contributed by atoms with E-state index in [1.54, 1.807) is 0 Å². The largest absolute Gasteiger partial charge is 0.479 e. The van der Waals surface area contributed by atoms with Crippen molar-refractivity contribution in [3.63, 3.8) is 0 Å². The molecule has 1 aliphatic rings. The number of aliphatic carboxylic acids is 1. The summed E-state index contributed by atoms with van der Waals surface area (Å²) in [4.78, 5) is 23.8. The van der Waals surface area contributed by atoms with Crippen molar-refractivity contribution in [3.05, 3.63) is 0 Å². The van der Waals surface area contributed by atoms with Gasteiger partial charge in [0.05, 0.1) is 13.2 Å². The normalized spacial score (nSPS) is 23.6. The van der Waals surface area contributed by atoms with E-state index in [0.717, 1.165) is 0 Å². The van der Waals surface area contributed by atoms with E-state index in [-0.39, 0.29) is 32.2 Å². The Morgan fingerprint density at radius 2 is 1.65 bits per heavy atom. The van der Waals surface area contributed by atoms with Gasteiger partial charge in [-0.05, 0) is 12.8 Å². The van der Waals surface area contributed by atoms with Crippen molar-refractivity contribution in [2.75, 3.05) is 26.3 Å². The Morgan fingerprint density at radius 1 is 1.12 bits per heavy atom. The zero-order valence-corrected chi connectivity index (χ0v) is 9.41. The Kier molecular flexibility index (Phi) is 5.33. The van der Waals surface area contributed by atoms with E-state index in [0.29, 0.717) is 12.8 Å². The van der Waals surface area contributed by atoms with Gasteiger partial charge in [0, 0.05) is 13.1 Å². The number of carboxylic acids is 1. The van der Waals surface area contributed by atoms with Crippen LogP contribution in [0.2, 0.25) is 0 Å². The first-order valence-corrected chi connectivity index (χ1v) is 5.49. The molecule has 1 rings (SSSR count). The molecule has 0 bridgehead atoms. The molecular formula is C10H17NO6. The second-order valence-corrected chi connectivity index (χ2v) is 3.80. The third-order valence-corrected chi connectivity index (χ3v) is 2.62. The molecule has 1 aliphatic heterocycles. The summed E-state index contributed by atoms with van der Waals surface area (Å²) in [6.45, 7) is -0.199. The van der Waals surface area contributed by atoms with E-state index < -0.39 is 18.2 Å². The van der Waals surface area contributed by atoms with Crippen LogP contribution in [0.3, 0.4) is 0 Å². The van der Waals surface area contributed by atoms with Gasteiger partial charge in [-0.1, -0.05) is 0 Å². The fourth-order valence-corrected chi connectivity index (χ4v) is 1.78. The van der Waals surface area contributed by atoms with Crippen molar-refractivity contribution >= 4 is 11.9 Å². The molecule has 1 fully saturated rings. The molecule has 2 unspecified atom stereocenters. The number of nitrogens with zero attached hydrogens (tertiary/aromatic N) is 1. The van der Waals surface area contributed by atoms with Crippen LogP contribution >= 0.6 is 0 Å². The maximum atomic E-state index is 11.9. The van der Waals surface area contributed by atoms with Gasteiger partial charge in [0.1, 0.15) is 6.10 Å². The lowest BCUT2D eigenvalue weighted by atomic mass is 10.2. The molecule has 1 saturated heterocycles. The number of rotatable bonds is 6. The number of aliphatic hydroxyl groups is 2. The summed E-state index contributed by atoms with van der Waals surface area (Å²) in [5.41, 5.74) is 0. The van der Waals surface area contributed by atoms with Gasteiger partial charge in [-0.3, -0.25) is 4.79 Å². The van der Waals surface area contributed by atoms with Crippen LogP contribution in [0.25, 0.3) is 0 Å². The third kappa shape index (κ3) is 3.65. The molecule has 0 spiro atoms. The molecule has 17 heavy (non-hydrogen) atoms. The molecule has 0 aromatic carbocycles. The highest BCUT2D eigenvalue weighted by Gasteiger charge is 2.36. The molecule has 0 aromatic heterocycles. The molecule has 0 aliphatic carbocycles. The molecular weight excluding hydrogens is 230 g/mol. The predicted octanol–water partition coefficient (Wildman–Crippen LogP) is -1.57. The van der Waals surface area contributed by atoms with Gasteiger partial charge in [-0.15, -0.1) is 0 Å². The predicted molar refractivity (Wildman–Crippen MR) is 56.3 cm³/mol. The monoisotopic (exact) mass is 247 g/mol. The van der Waals surface area contributed by atoms with Crippen LogP contribution in [-0.4, -0.2) is 70.6 Å². The molecule has 3 N–H and O–H groups in total. The van der Waals surface area contributed by atoms with Crippen molar-refractivity contribution in [3.8, 4) is 0 Å². The van der Waals surface area contributed by atoms with Crippen molar-refractivity contribution in [1.82, 2.24) is 4.90 Å². The second-order valence-electron chi connectivity index (χ2n) is 3.80. The van der Waals surface area contributed by atoms with Crippen LogP contribution < -0.4 is 0 Å². The number of carbonyl (C=O) groups is 2. The minimum atomic E-state index is -1.07. The van der Waals surface area contributed by atoms with E-state index in [1.807, 2.05) is 0 Å². The lowest BCUT2D eigenvalue weighted by molar-refractivity contribution is -0.155. The van der Waals surface area contributed by atoms with Gasteiger partial charge in [0.15, 0.2) is 6.10 Å². The SMILES string of the molecule is O=C(O)C1CCC(C(=O)N(CCO)CCO)O1. The number of hydrogen-bond donors (Lipinski definition) is 3. The van der Waals surface area contributed by atoms with Crippen molar-refractivity contribution in [1.29, 1.82) is 0 Å². The molecule has 7 nitrogen and oxygen atoms in total. The molecule has 1 heterocycles. The summed E-state index contributed by atoms with van der Waals surface area (Å²) in [7, 11) is 0. The Bertz CT molecular complexity index is 276. The lowest BCUT2D eigenvalue weighted by Gasteiger charge is -2.23. The van der Waals surface area contributed by atoms with Gasteiger partial charge < -0.3 is 25.0 Å². The smallest absolute Gasteiger partial charge is 0.332 e. The molecule has 1 amide bonds. The Labute approximate surface area is 98.6 Å². The van der Waals surface area contributed by atoms with Crippen LogP contribution in [0.1, 0.15) is 12.8 Å². The minimum absolute atomic E-state index is 0.108. The Morgan fingerprint density at radius 3 is 2.06 bits per heavy atom. The molecule has 0 aromatic rings. The average Bonchev–Trinajstić information content (AvgIpc) is 2.77. The number of ether oxygens (including phenoxy) is 1. The summed E-state index contributed by atoms with van der Waals surface area (Å²) in [6.07, 6.45) is -1.07. The van der Waals surface area contributed by atoms with Gasteiger partial charge in [-0.25, -0.2) is 4.79 Å². The topological polar surface area (TPSA) is 107 Å². The van der Waals surface area contributed by atoms with Gasteiger partial charge in [-0.2, -0.15) is 0 Å². The zero-order valence-electron chi connectivity index (χ0n) is 9.41. The first kappa shape index (κ1) is 13.9. The Balaban J connectivity index is 2.54. The molecule has 2 atom stereocenters. The highest BCUT2D eigenvalue weighted by atomic mass is 16.5. The highest BCUT2D eigenvalue weighted by Crippen LogP contribution is 2.21. The van der Waals surface area contributed by atoms with Gasteiger partial charge in [0.2, 0.25) is 0 Å². The zero-order chi connectivity index (χ0) is 12.8. The first-order chi connectivity index (χ1) is 8.10. The molecule has 7 heteroatoms. The lowest BCUT2D eigenvalue weighted by Crippen LogP contribution is -2.42. The fraction of sp³-hybridized carbons (Fsp3) is 0.800. The summed E-state index contributed by atoms with van der Waals surface area (Å²) in [5, 5.41) is 26.3. The van der Waals surface area contributed by atoms with Crippen molar-refractivity contribution < 1.29 is 29.6 Å². The van der Waals surface area contributed by atoms with E-state index in [2.05, 4.69) is 0 Å². The van der Waals surface area contributed by atoms with E-state index in [1.165, 1.54) is 4.90 Å². The van der Waals surface area contributed by atoms with Crippen molar-refractivity contribution in [2.45, 2.75) is 25.0 Å². The maximum absolute atomic E-state index is 11.9. The number of carboxylic acid groups (broad SMARTS) is 1. The van der Waals surface area contributed by atoms with E-state index >= 15 is 0 Å². The van der Waals surface area contributed by atoms with E-state index in [4.69, 9.17) is 20.1 Å². The quantitative estimate of drug-likeness (QED) is 0.523. The van der Waals surface area contributed by atoms with Crippen molar-refractivity contribution in [2.24, 2.45) is 0 Å². The fourth-order valence-electron chi connectivity index (χ4n) is 1.78. The summed E-state index contributed by atoms with van der Waals surface area (Å²) < 4.78 is 5.10. The maximum Gasteiger partial charge on any atom is 0.332 e. The average molecular weight is 247 g/mol. The third-order valence-electron chi connectivity index (χ3n) is 2.62. The molecule has 0 saturated carbocycles. The minimum Gasteiger partial charge on any atom is -0.479 e. The number of hydrogen-bond acceptors (Lipinski definition) is 5.